The van der Waals surface area contributed by atoms with E-state index in [0.29, 0.717) is 17.1 Å². The number of aliphatic hydroxyl groups excluding tert-OH is 1. The van der Waals surface area contributed by atoms with Gasteiger partial charge in [-0.25, -0.2) is 9.69 Å². The third-order valence-electron chi connectivity index (χ3n) is 4.80. The third-order valence-corrected chi connectivity index (χ3v) is 4.80. The Balaban J connectivity index is 1.91. The summed E-state index contributed by atoms with van der Waals surface area (Å²) in [7, 11) is 2.91. The highest BCUT2D eigenvalue weighted by Crippen LogP contribution is 2.36. The number of anilines is 1. The average molecular weight is 425 g/mol. The number of rotatable bonds is 8. The largest absolute Gasteiger partial charge is 0.502 e. The van der Waals surface area contributed by atoms with Gasteiger partial charge in [-0.2, -0.15) is 0 Å². The second-order valence-electron chi connectivity index (χ2n) is 6.78. The number of ether oxygens (including phenoxy) is 3. The molecular weight excluding hydrogens is 402 g/mol. The molecule has 2 aromatic carbocycles. The first kappa shape index (κ1) is 21.9. The molecule has 2 amide bonds. The second-order valence-corrected chi connectivity index (χ2v) is 6.78. The third kappa shape index (κ3) is 4.23. The minimum atomic E-state index is -0.883. The Kier molecular flexibility index (Phi) is 6.59. The van der Waals surface area contributed by atoms with Gasteiger partial charge in [0.05, 0.1) is 37.7 Å². The molecule has 0 saturated carbocycles. The van der Waals surface area contributed by atoms with Crippen LogP contribution in [0.2, 0.25) is 0 Å². The van der Waals surface area contributed by atoms with E-state index in [1.54, 1.807) is 12.1 Å². The summed E-state index contributed by atoms with van der Waals surface area (Å²) in [6.45, 7) is 2.27. The van der Waals surface area contributed by atoms with Gasteiger partial charge in [0.25, 0.3) is 5.91 Å². The molecule has 1 N–H and O–H groups in total. The second kappa shape index (κ2) is 9.34. The molecule has 2 aromatic rings. The van der Waals surface area contributed by atoms with Gasteiger partial charge in [0, 0.05) is 0 Å². The highest BCUT2D eigenvalue weighted by molar-refractivity contribution is 6.45. The summed E-state index contributed by atoms with van der Waals surface area (Å²) in [5.41, 5.74) is 0.489. The molecule has 1 aliphatic heterocycles. The molecule has 162 valence electrons. The highest BCUT2D eigenvalue weighted by atomic mass is 16.5. The molecule has 1 heterocycles. The van der Waals surface area contributed by atoms with Gasteiger partial charge in [-0.05, 0) is 42.3 Å². The topological polar surface area (TPSA) is 102 Å². The van der Waals surface area contributed by atoms with E-state index in [1.165, 1.54) is 44.6 Å². The Bertz CT molecular complexity index is 1060. The van der Waals surface area contributed by atoms with Crippen molar-refractivity contribution in [1.29, 1.82) is 0 Å². The summed E-state index contributed by atoms with van der Waals surface area (Å²) in [5, 5.41) is 10.4. The number of nitrogens with zero attached hydrogens (tertiary/aromatic N) is 1. The van der Waals surface area contributed by atoms with E-state index in [0.717, 1.165) is 17.7 Å². The molecule has 0 saturated heterocycles. The maximum Gasteiger partial charge on any atom is 0.338 e. The van der Waals surface area contributed by atoms with E-state index in [2.05, 4.69) is 0 Å². The first-order valence-electron chi connectivity index (χ1n) is 9.74. The number of carbonyl (C=O) groups excluding carboxylic acids is 3. The Hall–Kier alpha value is -3.81. The fourth-order valence-corrected chi connectivity index (χ4v) is 3.17. The first-order valence-corrected chi connectivity index (χ1v) is 9.74. The van der Waals surface area contributed by atoms with Crippen molar-refractivity contribution in [1.82, 2.24) is 0 Å². The average Bonchev–Trinajstić information content (AvgIpc) is 3.01. The van der Waals surface area contributed by atoms with Gasteiger partial charge < -0.3 is 19.3 Å². The zero-order valence-electron chi connectivity index (χ0n) is 17.5. The van der Waals surface area contributed by atoms with Gasteiger partial charge in [-0.15, -0.1) is 0 Å². The summed E-state index contributed by atoms with van der Waals surface area (Å²) in [6.07, 6.45) is 1.62. The zero-order valence-corrected chi connectivity index (χ0v) is 17.5. The standard InChI is InChI=1S/C23H23NO7/c1-4-5-11-31-23(28)15-7-6-8-16(12-15)24-21(26)19(20(25)22(24)27)14-9-10-17(29-2)18(13-14)30-3/h6-10,12-13,25H,4-5,11H2,1-3H3. The molecule has 0 unspecified atom stereocenters. The number of aliphatic hydroxyl groups is 1. The van der Waals surface area contributed by atoms with Crippen molar-refractivity contribution >= 4 is 29.0 Å². The number of methoxy groups -OCH3 is 2. The Morgan fingerprint density at radius 1 is 1.00 bits per heavy atom. The quantitative estimate of drug-likeness (QED) is 0.392. The number of benzene rings is 2. The van der Waals surface area contributed by atoms with Gasteiger partial charge in [-0.1, -0.05) is 25.5 Å². The normalized spacial score (nSPS) is 13.6. The Morgan fingerprint density at radius 2 is 1.74 bits per heavy atom. The smallest absolute Gasteiger partial charge is 0.338 e. The van der Waals surface area contributed by atoms with E-state index in [4.69, 9.17) is 14.2 Å². The van der Waals surface area contributed by atoms with Gasteiger partial charge in [-0.3, -0.25) is 9.59 Å². The first-order chi connectivity index (χ1) is 14.9. The molecule has 8 nitrogen and oxygen atoms in total. The number of hydrogen-bond acceptors (Lipinski definition) is 7. The molecule has 0 fully saturated rings. The van der Waals surface area contributed by atoms with Crippen LogP contribution >= 0.6 is 0 Å². The molecule has 0 atom stereocenters. The van der Waals surface area contributed by atoms with Crippen LogP contribution in [0.25, 0.3) is 5.57 Å². The highest BCUT2D eigenvalue weighted by Gasteiger charge is 2.40. The van der Waals surface area contributed by atoms with Crippen LogP contribution in [-0.2, 0) is 14.3 Å². The van der Waals surface area contributed by atoms with Crippen LogP contribution < -0.4 is 14.4 Å². The van der Waals surface area contributed by atoms with Gasteiger partial charge >= 0.3 is 11.9 Å². The lowest BCUT2D eigenvalue weighted by molar-refractivity contribution is -0.121. The zero-order chi connectivity index (χ0) is 22.5. The summed E-state index contributed by atoms with van der Waals surface area (Å²) >= 11 is 0. The summed E-state index contributed by atoms with van der Waals surface area (Å²) in [5.74, 6) is -2.05. The number of imide groups is 1. The van der Waals surface area contributed by atoms with Crippen molar-refractivity contribution < 1.29 is 33.7 Å². The number of esters is 1. The van der Waals surface area contributed by atoms with E-state index in [1.807, 2.05) is 6.92 Å². The lowest BCUT2D eigenvalue weighted by Gasteiger charge is -2.16. The summed E-state index contributed by atoms with van der Waals surface area (Å²) in [4.78, 5) is 38.8. The van der Waals surface area contributed by atoms with Crippen LogP contribution in [0.5, 0.6) is 11.5 Å². The number of amides is 2. The van der Waals surface area contributed by atoms with E-state index < -0.39 is 23.5 Å². The molecule has 0 spiro atoms. The van der Waals surface area contributed by atoms with Crippen LogP contribution in [-0.4, -0.2) is 43.7 Å². The SMILES string of the molecule is CCCCOC(=O)c1cccc(N2C(=O)C(O)=C(c3ccc(OC)c(OC)c3)C2=O)c1. The van der Waals surface area contributed by atoms with Crippen LogP contribution in [0.3, 0.4) is 0 Å². The molecular formula is C23H23NO7. The molecule has 0 radical (unpaired) electrons. The number of unbranched alkanes of at least 4 members (excludes halogenated alkanes) is 1. The molecule has 0 bridgehead atoms. The maximum absolute atomic E-state index is 13.1. The van der Waals surface area contributed by atoms with E-state index in [9.17, 15) is 19.5 Å². The lowest BCUT2D eigenvalue weighted by Crippen LogP contribution is -2.31. The van der Waals surface area contributed by atoms with Crippen LogP contribution in [0.1, 0.15) is 35.7 Å². The summed E-state index contributed by atoms with van der Waals surface area (Å²) in [6, 6.07) is 10.6. The molecule has 0 aromatic heterocycles. The van der Waals surface area contributed by atoms with Crippen molar-refractivity contribution in [2.75, 3.05) is 25.7 Å². The van der Waals surface area contributed by atoms with Gasteiger partial charge in [0.1, 0.15) is 0 Å². The lowest BCUT2D eigenvalue weighted by atomic mass is 10.0. The van der Waals surface area contributed by atoms with E-state index in [-0.39, 0.29) is 23.4 Å². The predicted molar refractivity (Wildman–Crippen MR) is 113 cm³/mol. The van der Waals surface area contributed by atoms with E-state index >= 15 is 0 Å². The monoisotopic (exact) mass is 425 g/mol. The Labute approximate surface area is 179 Å². The van der Waals surface area contributed by atoms with Gasteiger partial charge in [0.15, 0.2) is 17.3 Å². The molecule has 31 heavy (non-hydrogen) atoms. The van der Waals surface area contributed by atoms with Crippen LogP contribution in [0.4, 0.5) is 5.69 Å². The Morgan fingerprint density at radius 3 is 2.42 bits per heavy atom. The molecule has 8 heteroatoms. The summed E-state index contributed by atoms with van der Waals surface area (Å²) < 4.78 is 15.6. The fraction of sp³-hybridized carbons (Fsp3) is 0.261. The maximum atomic E-state index is 13.1. The minimum Gasteiger partial charge on any atom is -0.502 e. The minimum absolute atomic E-state index is 0.155. The van der Waals surface area contributed by atoms with Crippen LogP contribution in [0.15, 0.2) is 48.2 Å². The van der Waals surface area contributed by atoms with Crippen molar-refractivity contribution in [2.24, 2.45) is 0 Å². The van der Waals surface area contributed by atoms with Crippen molar-refractivity contribution in [3.63, 3.8) is 0 Å². The van der Waals surface area contributed by atoms with Crippen molar-refractivity contribution in [2.45, 2.75) is 19.8 Å². The number of hydrogen-bond donors (Lipinski definition) is 1. The predicted octanol–water partition coefficient (Wildman–Crippen LogP) is 3.50. The molecule has 0 aliphatic carbocycles. The molecule has 3 rings (SSSR count). The van der Waals surface area contributed by atoms with Gasteiger partial charge in [0.2, 0.25) is 0 Å². The van der Waals surface area contributed by atoms with Crippen molar-refractivity contribution in [3.8, 4) is 11.5 Å². The van der Waals surface area contributed by atoms with Crippen molar-refractivity contribution in [3.05, 3.63) is 59.4 Å². The molecule has 1 aliphatic rings. The fourth-order valence-electron chi connectivity index (χ4n) is 3.17. The van der Waals surface area contributed by atoms with Crippen LogP contribution in [0, 0.1) is 0 Å². The number of carbonyl (C=O) groups is 3.